The Morgan fingerprint density at radius 2 is 1.73 bits per heavy atom. The first-order valence-electron chi connectivity index (χ1n) is 3.16. The van der Waals surface area contributed by atoms with Crippen molar-refractivity contribution in [2.75, 3.05) is 33.4 Å². The third-order valence-electron chi connectivity index (χ3n) is 1.36. The third kappa shape index (κ3) is 6.24. The van der Waals surface area contributed by atoms with Crippen LogP contribution in [0.25, 0.3) is 0 Å². The van der Waals surface area contributed by atoms with Gasteiger partial charge in [-0.15, -0.1) is 0 Å². The Morgan fingerprint density at radius 1 is 1.27 bits per heavy atom. The predicted molar refractivity (Wildman–Crippen MR) is 42.7 cm³/mol. The van der Waals surface area contributed by atoms with Crippen LogP contribution < -0.4 is 0 Å². The Labute approximate surface area is 67.3 Å². The SMILES string of the molecule is CN(C)N(C)CCS(=O)(=O)O. The lowest BCUT2D eigenvalue weighted by atomic mass is 10.7. The third-order valence-corrected chi connectivity index (χ3v) is 2.05. The summed E-state index contributed by atoms with van der Waals surface area (Å²) in [6.07, 6.45) is 0. The Morgan fingerprint density at radius 3 is 2.00 bits per heavy atom. The quantitative estimate of drug-likeness (QED) is 0.459. The molecule has 11 heavy (non-hydrogen) atoms. The van der Waals surface area contributed by atoms with E-state index in [-0.39, 0.29) is 5.75 Å². The van der Waals surface area contributed by atoms with Crippen LogP contribution in [0.5, 0.6) is 0 Å². The van der Waals surface area contributed by atoms with E-state index < -0.39 is 10.1 Å². The molecule has 0 aromatic heterocycles. The molecule has 0 aliphatic heterocycles. The molecule has 0 aromatic rings. The second-order valence-corrected chi connectivity index (χ2v) is 4.09. The Kier molecular flexibility index (Phi) is 3.95. The van der Waals surface area contributed by atoms with E-state index in [0.29, 0.717) is 6.54 Å². The fraction of sp³-hybridized carbons (Fsp3) is 1.00. The first kappa shape index (κ1) is 10.8. The Hall–Kier alpha value is -0.170. The van der Waals surface area contributed by atoms with Gasteiger partial charge in [-0.2, -0.15) is 8.42 Å². The van der Waals surface area contributed by atoms with Crippen LogP contribution in [-0.4, -0.2) is 56.4 Å². The summed E-state index contributed by atoms with van der Waals surface area (Å²) in [7, 11) is 1.51. The van der Waals surface area contributed by atoms with Crippen molar-refractivity contribution < 1.29 is 13.0 Å². The maximum Gasteiger partial charge on any atom is 0.266 e. The van der Waals surface area contributed by atoms with Crippen molar-refractivity contribution in [1.82, 2.24) is 10.0 Å². The zero-order valence-electron chi connectivity index (χ0n) is 6.98. The topological polar surface area (TPSA) is 60.9 Å². The molecule has 0 aliphatic carbocycles. The van der Waals surface area contributed by atoms with E-state index in [9.17, 15) is 8.42 Å². The molecule has 0 heterocycles. The van der Waals surface area contributed by atoms with Gasteiger partial charge in [0.05, 0.1) is 5.75 Å². The molecular weight excluding hydrogens is 168 g/mol. The van der Waals surface area contributed by atoms with E-state index in [1.165, 1.54) is 0 Å². The van der Waals surface area contributed by atoms with Gasteiger partial charge in [0.2, 0.25) is 0 Å². The summed E-state index contributed by atoms with van der Waals surface area (Å²) < 4.78 is 28.9. The largest absolute Gasteiger partial charge is 0.286 e. The smallest absolute Gasteiger partial charge is 0.266 e. The highest BCUT2D eigenvalue weighted by atomic mass is 32.2. The van der Waals surface area contributed by atoms with Gasteiger partial charge in [0.25, 0.3) is 10.1 Å². The molecule has 0 atom stereocenters. The molecule has 0 spiro atoms. The fourth-order valence-corrected chi connectivity index (χ4v) is 0.942. The molecule has 5 nitrogen and oxygen atoms in total. The molecule has 0 radical (unpaired) electrons. The summed E-state index contributed by atoms with van der Waals surface area (Å²) in [6, 6.07) is 0. The van der Waals surface area contributed by atoms with Gasteiger partial charge in [-0.05, 0) is 0 Å². The molecule has 68 valence electrons. The van der Waals surface area contributed by atoms with E-state index >= 15 is 0 Å². The van der Waals surface area contributed by atoms with Crippen molar-refractivity contribution in [2.45, 2.75) is 0 Å². The molecule has 0 amide bonds. The lowest BCUT2D eigenvalue weighted by molar-refractivity contribution is 0.0633. The molecule has 0 fully saturated rings. The zero-order chi connectivity index (χ0) is 9.07. The van der Waals surface area contributed by atoms with Crippen LogP contribution >= 0.6 is 0 Å². The maximum atomic E-state index is 10.3. The number of rotatable bonds is 4. The van der Waals surface area contributed by atoms with E-state index in [1.54, 1.807) is 31.2 Å². The van der Waals surface area contributed by atoms with Gasteiger partial charge in [-0.25, -0.2) is 10.0 Å². The summed E-state index contributed by atoms with van der Waals surface area (Å²) in [6.45, 7) is 0.297. The van der Waals surface area contributed by atoms with Crippen molar-refractivity contribution in [3.63, 3.8) is 0 Å². The molecule has 0 aromatic carbocycles. The first-order valence-corrected chi connectivity index (χ1v) is 4.77. The number of nitrogens with zero attached hydrogens (tertiary/aromatic N) is 2. The van der Waals surface area contributed by atoms with Crippen molar-refractivity contribution in [3.8, 4) is 0 Å². The van der Waals surface area contributed by atoms with E-state index in [0.717, 1.165) is 0 Å². The molecule has 0 saturated heterocycles. The van der Waals surface area contributed by atoms with Crippen LogP contribution in [0.3, 0.4) is 0 Å². The lowest BCUT2D eigenvalue weighted by Gasteiger charge is -2.23. The minimum Gasteiger partial charge on any atom is -0.286 e. The van der Waals surface area contributed by atoms with Crippen LogP contribution in [0, 0.1) is 0 Å². The highest BCUT2D eigenvalue weighted by Gasteiger charge is 2.07. The monoisotopic (exact) mass is 182 g/mol. The maximum absolute atomic E-state index is 10.3. The minimum absolute atomic E-state index is 0.234. The molecule has 0 aliphatic rings. The molecule has 0 rings (SSSR count). The predicted octanol–water partition coefficient (Wildman–Crippen LogP) is -0.717. The molecule has 6 heteroatoms. The van der Waals surface area contributed by atoms with Crippen molar-refractivity contribution in [2.24, 2.45) is 0 Å². The molecule has 0 bridgehead atoms. The average molecular weight is 182 g/mol. The molecular formula is C5H14N2O3S. The van der Waals surface area contributed by atoms with Gasteiger partial charge in [-0.3, -0.25) is 4.55 Å². The summed E-state index contributed by atoms with van der Waals surface area (Å²) in [5, 5.41) is 3.43. The Bertz CT molecular complexity index is 200. The highest BCUT2D eigenvalue weighted by molar-refractivity contribution is 7.85. The van der Waals surface area contributed by atoms with Gasteiger partial charge in [0.1, 0.15) is 0 Å². The van der Waals surface area contributed by atoms with Crippen LogP contribution in [0.15, 0.2) is 0 Å². The van der Waals surface area contributed by atoms with Crippen LogP contribution in [0.4, 0.5) is 0 Å². The van der Waals surface area contributed by atoms with Gasteiger partial charge < -0.3 is 0 Å². The van der Waals surface area contributed by atoms with E-state index in [2.05, 4.69) is 0 Å². The number of hydrazine groups is 1. The van der Waals surface area contributed by atoms with E-state index in [1.807, 2.05) is 0 Å². The second kappa shape index (κ2) is 4.01. The number of hydrogen-bond donors (Lipinski definition) is 1. The molecule has 0 saturated carbocycles. The fourth-order valence-electron chi connectivity index (χ4n) is 0.447. The van der Waals surface area contributed by atoms with Crippen LogP contribution in [0.2, 0.25) is 0 Å². The standard InChI is InChI=1S/C5H14N2O3S/c1-6(2)7(3)4-5-11(8,9)10/h4-5H2,1-3H3,(H,8,9,10). The first-order chi connectivity index (χ1) is 4.83. The van der Waals surface area contributed by atoms with E-state index in [4.69, 9.17) is 4.55 Å². The molecule has 0 unspecified atom stereocenters. The van der Waals surface area contributed by atoms with Gasteiger partial charge in [0, 0.05) is 27.7 Å². The minimum atomic E-state index is -3.82. The van der Waals surface area contributed by atoms with Crippen molar-refractivity contribution >= 4 is 10.1 Å². The summed E-state index contributed by atoms with van der Waals surface area (Å²) in [4.78, 5) is 0. The van der Waals surface area contributed by atoms with Gasteiger partial charge in [-0.1, -0.05) is 0 Å². The normalized spacial score (nSPS) is 12.9. The summed E-state index contributed by atoms with van der Waals surface area (Å²) in [5.41, 5.74) is 0. The van der Waals surface area contributed by atoms with Crippen LogP contribution in [-0.2, 0) is 10.1 Å². The highest BCUT2D eigenvalue weighted by Crippen LogP contribution is 1.88. The summed E-state index contributed by atoms with van der Waals surface area (Å²) >= 11 is 0. The van der Waals surface area contributed by atoms with Crippen molar-refractivity contribution in [1.29, 1.82) is 0 Å². The molecule has 1 N–H and O–H groups in total. The average Bonchev–Trinajstić information content (AvgIpc) is 1.80. The van der Waals surface area contributed by atoms with Crippen molar-refractivity contribution in [3.05, 3.63) is 0 Å². The lowest BCUT2D eigenvalue weighted by Crippen LogP contribution is -2.36. The summed E-state index contributed by atoms with van der Waals surface area (Å²) in [5.74, 6) is -0.234. The number of hydrogen-bond acceptors (Lipinski definition) is 4. The second-order valence-electron chi connectivity index (χ2n) is 2.51. The van der Waals surface area contributed by atoms with Gasteiger partial charge >= 0.3 is 0 Å². The Balaban J connectivity index is 3.72. The van der Waals surface area contributed by atoms with Gasteiger partial charge in [0.15, 0.2) is 0 Å². The van der Waals surface area contributed by atoms with Crippen LogP contribution in [0.1, 0.15) is 0 Å². The zero-order valence-corrected chi connectivity index (χ0v) is 7.80.